The molecule has 0 radical (unpaired) electrons. The third-order valence-corrected chi connectivity index (χ3v) is 4.16. The van der Waals surface area contributed by atoms with Crippen LogP contribution in [-0.4, -0.2) is 100 Å². The van der Waals surface area contributed by atoms with Gasteiger partial charge in [0.2, 0.25) is 0 Å². The first-order valence-electron chi connectivity index (χ1n) is 9.05. The van der Waals surface area contributed by atoms with Crippen LogP contribution in [-0.2, 0) is 0 Å². The monoisotopic (exact) mass is 314 g/mol. The van der Waals surface area contributed by atoms with Crippen LogP contribution in [0.25, 0.3) is 0 Å². The highest BCUT2D eigenvalue weighted by Crippen LogP contribution is 2.04. The molecule has 0 N–H and O–H groups in total. The number of rotatable bonds is 14. The van der Waals surface area contributed by atoms with Gasteiger partial charge in [0.05, 0.1) is 0 Å². The minimum Gasteiger partial charge on any atom is -0.309 e. The number of unbranched alkanes of at least 4 members (excludes halogenated alkanes) is 1. The van der Waals surface area contributed by atoms with Gasteiger partial charge in [0.1, 0.15) is 0 Å². The molecule has 134 valence electrons. The van der Waals surface area contributed by atoms with Crippen LogP contribution in [0, 0.1) is 0 Å². The molecule has 4 nitrogen and oxygen atoms in total. The highest BCUT2D eigenvalue weighted by Gasteiger charge is 2.09. The summed E-state index contributed by atoms with van der Waals surface area (Å²) in [6.45, 7) is 12.0. The van der Waals surface area contributed by atoms with Gasteiger partial charge in [-0.05, 0) is 114 Å². The van der Waals surface area contributed by atoms with Gasteiger partial charge >= 0.3 is 0 Å². The molecular formula is C18H42N4. The number of hydrogen-bond donors (Lipinski definition) is 0. The molecule has 0 unspecified atom stereocenters. The van der Waals surface area contributed by atoms with E-state index >= 15 is 0 Å². The van der Waals surface area contributed by atoms with E-state index in [2.05, 4.69) is 68.7 Å². The molecular weight excluding hydrogens is 272 g/mol. The van der Waals surface area contributed by atoms with Crippen LogP contribution in [0.15, 0.2) is 0 Å². The summed E-state index contributed by atoms with van der Waals surface area (Å²) >= 11 is 0. The van der Waals surface area contributed by atoms with Gasteiger partial charge in [-0.3, -0.25) is 0 Å². The van der Waals surface area contributed by atoms with E-state index in [4.69, 9.17) is 0 Å². The molecule has 22 heavy (non-hydrogen) atoms. The van der Waals surface area contributed by atoms with Gasteiger partial charge in [0.25, 0.3) is 0 Å². The van der Waals surface area contributed by atoms with Crippen molar-refractivity contribution < 1.29 is 0 Å². The molecule has 0 amide bonds. The fourth-order valence-electron chi connectivity index (χ4n) is 2.68. The maximum Gasteiger partial charge on any atom is 0.00385 e. The third kappa shape index (κ3) is 13.5. The number of hydrogen-bond acceptors (Lipinski definition) is 4. The molecule has 0 atom stereocenters. The van der Waals surface area contributed by atoms with Crippen molar-refractivity contribution in [3.63, 3.8) is 0 Å². The molecule has 0 aromatic carbocycles. The van der Waals surface area contributed by atoms with Gasteiger partial charge in [0.15, 0.2) is 0 Å². The van der Waals surface area contributed by atoms with E-state index in [0.717, 1.165) is 0 Å². The summed E-state index contributed by atoms with van der Waals surface area (Å²) < 4.78 is 0. The molecule has 0 rings (SSSR count). The lowest BCUT2D eigenvalue weighted by Gasteiger charge is -2.27. The van der Waals surface area contributed by atoms with Crippen molar-refractivity contribution in [2.45, 2.75) is 45.6 Å². The van der Waals surface area contributed by atoms with Crippen molar-refractivity contribution in [1.82, 2.24) is 19.6 Å². The Morgan fingerprint density at radius 3 is 1.45 bits per heavy atom. The Morgan fingerprint density at radius 2 is 0.955 bits per heavy atom. The van der Waals surface area contributed by atoms with E-state index in [9.17, 15) is 0 Å². The van der Waals surface area contributed by atoms with E-state index < -0.39 is 0 Å². The van der Waals surface area contributed by atoms with Gasteiger partial charge in [-0.25, -0.2) is 0 Å². The second-order valence-electron chi connectivity index (χ2n) is 7.45. The lowest BCUT2D eigenvalue weighted by molar-refractivity contribution is 0.201. The minimum absolute atomic E-state index is 0.667. The molecule has 0 saturated carbocycles. The Hall–Kier alpha value is -0.160. The van der Waals surface area contributed by atoms with E-state index in [0.29, 0.717) is 6.04 Å². The predicted octanol–water partition coefficient (Wildman–Crippen LogP) is 2.31. The smallest absolute Gasteiger partial charge is 0.00385 e. The van der Waals surface area contributed by atoms with E-state index in [1.54, 1.807) is 0 Å². The lowest BCUT2D eigenvalue weighted by atomic mass is 10.2. The van der Waals surface area contributed by atoms with Crippen molar-refractivity contribution >= 4 is 0 Å². The third-order valence-electron chi connectivity index (χ3n) is 4.16. The van der Waals surface area contributed by atoms with Crippen molar-refractivity contribution in [3.8, 4) is 0 Å². The van der Waals surface area contributed by atoms with Crippen molar-refractivity contribution in [1.29, 1.82) is 0 Å². The van der Waals surface area contributed by atoms with E-state index in [1.807, 2.05) is 0 Å². The summed E-state index contributed by atoms with van der Waals surface area (Å²) in [6.07, 6.45) is 5.18. The molecule has 4 heteroatoms. The second-order valence-corrected chi connectivity index (χ2v) is 7.45. The Kier molecular flexibility index (Phi) is 13.2. The molecule has 0 fully saturated rings. The second kappa shape index (κ2) is 13.3. The largest absolute Gasteiger partial charge is 0.309 e. The molecule has 0 spiro atoms. The van der Waals surface area contributed by atoms with Gasteiger partial charge in [-0.15, -0.1) is 0 Å². The normalized spacial score (nSPS) is 12.5. The minimum atomic E-state index is 0.667. The SMILES string of the molecule is CC(C)N(CCCCN(C)CCCN(C)C)CCCN(C)C. The summed E-state index contributed by atoms with van der Waals surface area (Å²) in [4.78, 5) is 9.66. The number of nitrogens with zero attached hydrogens (tertiary/aromatic N) is 4. The Labute approximate surface area is 140 Å². The first kappa shape index (κ1) is 21.8. The summed E-state index contributed by atoms with van der Waals surface area (Å²) in [6, 6.07) is 0.667. The maximum atomic E-state index is 2.63. The zero-order valence-electron chi connectivity index (χ0n) is 16.4. The van der Waals surface area contributed by atoms with Crippen LogP contribution in [0.5, 0.6) is 0 Å². The fourth-order valence-corrected chi connectivity index (χ4v) is 2.68. The quantitative estimate of drug-likeness (QED) is 0.456. The Bertz CT molecular complexity index is 241. The molecule has 0 aliphatic rings. The van der Waals surface area contributed by atoms with Crippen LogP contribution in [0.2, 0.25) is 0 Å². The Morgan fingerprint density at radius 1 is 0.545 bits per heavy atom. The summed E-state index contributed by atoms with van der Waals surface area (Å²) in [7, 11) is 10.9. The maximum absolute atomic E-state index is 2.63. The average molecular weight is 315 g/mol. The van der Waals surface area contributed by atoms with Crippen LogP contribution >= 0.6 is 0 Å². The highest BCUT2D eigenvalue weighted by molar-refractivity contribution is 4.64. The molecule has 0 aliphatic carbocycles. The molecule has 0 bridgehead atoms. The van der Waals surface area contributed by atoms with E-state index in [1.165, 1.54) is 65.0 Å². The zero-order valence-corrected chi connectivity index (χ0v) is 16.4. The fraction of sp³-hybridized carbons (Fsp3) is 1.00. The molecule has 0 aliphatic heterocycles. The van der Waals surface area contributed by atoms with Crippen LogP contribution < -0.4 is 0 Å². The summed E-state index contributed by atoms with van der Waals surface area (Å²) in [5.74, 6) is 0. The summed E-state index contributed by atoms with van der Waals surface area (Å²) in [5, 5.41) is 0. The van der Waals surface area contributed by atoms with Gasteiger partial charge in [0, 0.05) is 6.04 Å². The Balaban J connectivity index is 3.70. The lowest BCUT2D eigenvalue weighted by Crippen LogP contribution is -2.34. The molecule has 0 heterocycles. The van der Waals surface area contributed by atoms with E-state index in [-0.39, 0.29) is 0 Å². The summed E-state index contributed by atoms with van der Waals surface area (Å²) in [5.41, 5.74) is 0. The van der Waals surface area contributed by atoms with Gasteiger partial charge in [-0.2, -0.15) is 0 Å². The topological polar surface area (TPSA) is 13.0 Å². The van der Waals surface area contributed by atoms with Crippen LogP contribution in [0.4, 0.5) is 0 Å². The highest BCUT2D eigenvalue weighted by atomic mass is 15.2. The van der Waals surface area contributed by atoms with Crippen LogP contribution in [0.1, 0.15) is 39.5 Å². The predicted molar refractivity (Wildman–Crippen MR) is 99.8 cm³/mol. The molecule has 0 saturated heterocycles. The molecule has 0 aromatic heterocycles. The molecule has 0 aromatic rings. The first-order valence-corrected chi connectivity index (χ1v) is 9.05. The van der Waals surface area contributed by atoms with Gasteiger partial charge < -0.3 is 19.6 Å². The van der Waals surface area contributed by atoms with Crippen molar-refractivity contribution in [2.24, 2.45) is 0 Å². The van der Waals surface area contributed by atoms with Gasteiger partial charge in [-0.1, -0.05) is 0 Å². The zero-order chi connectivity index (χ0) is 17.0. The van der Waals surface area contributed by atoms with Crippen LogP contribution in [0.3, 0.4) is 0 Å². The first-order chi connectivity index (χ1) is 10.3. The van der Waals surface area contributed by atoms with Crippen molar-refractivity contribution in [2.75, 3.05) is 74.5 Å². The average Bonchev–Trinajstić information content (AvgIpc) is 2.40. The van der Waals surface area contributed by atoms with Crippen molar-refractivity contribution in [3.05, 3.63) is 0 Å². The standard InChI is InChI=1S/C18H42N4/c1-18(2)22(17-11-13-20(5)6)16-9-8-14-21(7)15-10-12-19(3)4/h18H,8-17H2,1-7H3.